The van der Waals surface area contributed by atoms with Gasteiger partial charge in [0.05, 0.1) is 37.9 Å². The number of aliphatic hydroxyl groups is 2. The van der Waals surface area contributed by atoms with E-state index in [1.807, 2.05) is 6.08 Å². The topological polar surface area (TPSA) is 151 Å². The van der Waals surface area contributed by atoms with Crippen molar-refractivity contribution in [2.45, 2.75) is 231 Å². The molecular formula is C44H87N2O7P. The molecule has 10 heteroatoms. The van der Waals surface area contributed by atoms with Gasteiger partial charge in [0.1, 0.15) is 0 Å². The molecule has 0 rings (SSSR count). The molecule has 0 aliphatic carbocycles. The number of nitrogens with two attached hydrogens (primary N) is 1. The Morgan fingerprint density at radius 1 is 0.630 bits per heavy atom. The second kappa shape index (κ2) is 40.1. The SMILES string of the molecule is CCCCCCCCCCCC/C=C/C(O)C(COP(=O)(O)OCCN)NC(=O)CC(O)CCCCCCC/C=C\CCCCCCCCCCCCC. The van der Waals surface area contributed by atoms with Crippen LogP contribution in [0.4, 0.5) is 0 Å². The highest BCUT2D eigenvalue weighted by atomic mass is 31.2. The summed E-state index contributed by atoms with van der Waals surface area (Å²) in [6.45, 7) is 3.97. The summed E-state index contributed by atoms with van der Waals surface area (Å²) >= 11 is 0. The van der Waals surface area contributed by atoms with Crippen LogP contribution < -0.4 is 11.1 Å². The first-order chi connectivity index (χ1) is 26.3. The van der Waals surface area contributed by atoms with Gasteiger partial charge in [0.15, 0.2) is 0 Å². The summed E-state index contributed by atoms with van der Waals surface area (Å²) in [6, 6.07) is -0.982. The Morgan fingerprint density at radius 2 is 1.04 bits per heavy atom. The van der Waals surface area contributed by atoms with E-state index >= 15 is 0 Å². The van der Waals surface area contributed by atoms with Gasteiger partial charge in [-0.05, 0) is 44.9 Å². The van der Waals surface area contributed by atoms with E-state index in [1.165, 1.54) is 135 Å². The molecule has 0 aliphatic heterocycles. The van der Waals surface area contributed by atoms with Crippen LogP contribution in [-0.4, -0.2) is 59.0 Å². The zero-order valence-electron chi connectivity index (χ0n) is 35.1. The first-order valence-corrected chi connectivity index (χ1v) is 24.0. The average molecular weight is 787 g/mol. The van der Waals surface area contributed by atoms with Crippen LogP contribution in [0.15, 0.2) is 24.3 Å². The molecule has 0 radical (unpaired) electrons. The molecule has 320 valence electrons. The fourth-order valence-electron chi connectivity index (χ4n) is 6.64. The molecule has 0 aromatic heterocycles. The minimum Gasteiger partial charge on any atom is -0.393 e. The number of hydrogen-bond donors (Lipinski definition) is 5. The monoisotopic (exact) mass is 787 g/mol. The van der Waals surface area contributed by atoms with Gasteiger partial charge >= 0.3 is 7.82 Å². The molecule has 0 fully saturated rings. The third-order valence-electron chi connectivity index (χ3n) is 10.1. The van der Waals surface area contributed by atoms with Crippen LogP contribution in [-0.2, 0) is 18.4 Å². The number of amides is 1. The Kier molecular flexibility index (Phi) is 39.4. The summed E-state index contributed by atoms with van der Waals surface area (Å²) in [6.07, 6.45) is 42.7. The van der Waals surface area contributed by atoms with Crippen molar-refractivity contribution < 1.29 is 33.5 Å². The molecule has 9 nitrogen and oxygen atoms in total. The Labute approximate surface area is 332 Å². The first-order valence-electron chi connectivity index (χ1n) is 22.5. The van der Waals surface area contributed by atoms with Gasteiger partial charge < -0.3 is 26.2 Å². The van der Waals surface area contributed by atoms with E-state index in [2.05, 4.69) is 31.3 Å². The zero-order chi connectivity index (χ0) is 39.8. The summed E-state index contributed by atoms with van der Waals surface area (Å²) in [5.74, 6) is -0.450. The van der Waals surface area contributed by atoms with E-state index in [4.69, 9.17) is 14.8 Å². The van der Waals surface area contributed by atoms with Crippen molar-refractivity contribution in [3.63, 3.8) is 0 Å². The summed E-state index contributed by atoms with van der Waals surface area (Å²) < 4.78 is 22.1. The highest BCUT2D eigenvalue weighted by Gasteiger charge is 2.27. The van der Waals surface area contributed by atoms with E-state index in [1.54, 1.807) is 6.08 Å². The second-order valence-corrected chi connectivity index (χ2v) is 16.9. The minimum absolute atomic E-state index is 0.0488. The smallest absolute Gasteiger partial charge is 0.393 e. The maximum absolute atomic E-state index is 12.8. The van der Waals surface area contributed by atoms with Crippen LogP contribution in [0, 0.1) is 0 Å². The van der Waals surface area contributed by atoms with Crippen molar-refractivity contribution >= 4 is 13.7 Å². The third-order valence-corrected chi connectivity index (χ3v) is 11.1. The fourth-order valence-corrected chi connectivity index (χ4v) is 7.40. The van der Waals surface area contributed by atoms with Crippen LogP contribution in [0.3, 0.4) is 0 Å². The largest absolute Gasteiger partial charge is 0.472 e. The molecular weight excluding hydrogens is 699 g/mol. The lowest BCUT2D eigenvalue weighted by Crippen LogP contribution is -2.46. The highest BCUT2D eigenvalue weighted by Crippen LogP contribution is 2.43. The predicted molar refractivity (Wildman–Crippen MR) is 227 cm³/mol. The maximum Gasteiger partial charge on any atom is 0.472 e. The van der Waals surface area contributed by atoms with Gasteiger partial charge in [-0.15, -0.1) is 0 Å². The molecule has 4 unspecified atom stereocenters. The zero-order valence-corrected chi connectivity index (χ0v) is 36.0. The Morgan fingerprint density at radius 3 is 1.48 bits per heavy atom. The summed E-state index contributed by atoms with van der Waals surface area (Å²) in [7, 11) is -4.40. The maximum atomic E-state index is 12.8. The van der Waals surface area contributed by atoms with Gasteiger partial charge in [0.25, 0.3) is 0 Å². The molecule has 4 atom stereocenters. The number of phosphoric acid groups is 1. The normalized spacial score (nSPS) is 14.9. The molecule has 0 bridgehead atoms. The van der Waals surface area contributed by atoms with E-state index in [0.29, 0.717) is 6.42 Å². The second-order valence-electron chi connectivity index (χ2n) is 15.4. The van der Waals surface area contributed by atoms with Crippen molar-refractivity contribution in [2.24, 2.45) is 5.73 Å². The number of carbonyl (C=O) groups excluding carboxylic acids is 1. The van der Waals surface area contributed by atoms with E-state index < -0.39 is 38.6 Å². The lowest BCUT2D eigenvalue weighted by Gasteiger charge is -2.24. The van der Waals surface area contributed by atoms with Gasteiger partial charge in [-0.1, -0.05) is 186 Å². The molecule has 0 spiro atoms. The Balaban J connectivity index is 4.23. The fraction of sp³-hybridized carbons (Fsp3) is 0.886. The van der Waals surface area contributed by atoms with Crippen LogP contribution >= 0.6 is 7.82 Å². The van der Waals surface area contributed by atoms with Gasteiger partial charge in [0.2, 0.25) is 5.91 Å². The molecule has 1 amide bonds. The van der Waals surface area contributed by atoms with E-state index in [-0.39, 0.29) is 19.6 Å². The molecule has 0 saturated carbocycles. The Bertz CT molecular complexity index is 919. The van der Waals surface area contributed by atoms with Crippen molar-refractivity contribution in [1.82, 2.24) is 5.32 Å². The molecule has 6 N–H and O–H groups in total. The molecule has 0 aromatic carbocycles. The van der Waals surface area contributed by atoms with Gasteiger partial charge in [-0.3, -0.25) is 13.8 Å². The van der Waals surface area contributed by atoms with Crippen LogP contribution in [0.2, 0.25) is 0 Å². The van der Waals surface area contributed by atoms with E-state index in [0.717, 1.165) is 51.4 Å². The third kappa shape index (κ3) is 37.8. The van der Waals surface area contributed by atoms with Gasteiger partial charge in [0, 0.05) is 6.54 Å². The lowest BCUT2D eigenvalue weighted by molar-refractivity contribution is -0.124. The molecule has 0 saturated heterocycles. The Hall–Kier alpha value is -1.06. The summed E-state index contributed by atoms with van der Waals surface area (Å²) in [5.41, 5.74) is 5.36. The van der Waals surface area contributed by atoms with Crippen molar-refractivity contribution in [1.29, 1.82) is 0 Å². The summed E-state index contributed by atoms with van der Waals surface area (Å²) in [5, 5.41) is 24.0. The van der Waals surface area contributed by atoms with Crippen LogP contribution in [0.5, 0.6) is 0 Å². The number of phosphoric ester groups is 1. The number of unbranched alkanes of at least 4 members (excludes halogenated alkanes) is 26. The van der Waals surface area contributed by atoms with Crippen LogP contribution in [0.1, 0.15) is 213 Å². The molecule has 0 heterocycles. The van der Waals surface area contributed by atoms with Gasteiger partial charge in [-0.25, -0.2) is 4.57 Å². The minimum atomic E-state index is -4.40. The van der Waals surface area contributed by atoms with Crippen molar-refractivity contribution in [3.05, 3.63) is 24.3 Å². The van der Waals surface area contributed by atoms with E-state index in [9.17, 15) is 24.5 Å². The number of allylic oxidation sites excluding steroid dienone is 3. The lowest BCUT2D eigenvalue weighted by atomic mass is 10.0. The number of carbonyl (C=O) groups is 1. The quantitative estimate of drug-likeness (QED) is 0.0233. The van der Waals surface area contributed by atoms with Gasteiger partial charge in [-0.2, -0.15) is 0 Å². The van der Waals surface area contributed by atoms with Crippen LogP contribution in [0.25, 0.3) is 0 Å². The van der Waals surface area contributed by atoms with Crippen molar-refractivity contribution in [2.75, 3.05) is 19.8 Å². The number of aliphatic hydroxyl groups excluding tert-OH is 2. The first kappa shape index (κ1) is 52.9. The number of nitrogens with one attached hydrogen (secondary N) is 1. The molecule has 0 aliphatic rings. The number of hydrogen-bond acceptors (Lipinski definition) is 7. The van der Waals surface area contributed by atoms with Crippen molar-refractivity contribution in [3.8, 4) is 0 Å². The predicted octanol–water partition coefficient (Wildman–Crippen LogP) is 11.5. The average Bonchev–Trinajstić information content (AvgIpc) is 3.15. The highest BCUT2D eigenvalue weighted by molar-refractivity contribution is 7.47. The standard InChI is InChI=1S/C44H87N2O7P/c1-3-5-7-9-11-13-15-17-18-19-20-21-22-23-24-25-27-29-31-33-35-41(47)39-44(49)46-42(40-53-54(50,51)52-38-37-45)43(48)36-34-32-30-28-26-16-14-12-10-8-6-4-2/h22-23,34,36,41-43,47-48H,3-21,24-33,35,37-40,45H2,1-2H3,(H,46,49)(H,50,51)/b23-22-,36-34+. The number of rotatable bonds is 42. The molecule has 0 aromatic rings. The molecule has 54 heavy (non-hydrogen) atoms. The summed E-state index contributed by atoms with van der Waals surface area (Å²) in [4.78, 5) is 22.7.